The van der Waals surface area contributed by atoms with Gasteiger partial charge in [0.1, 0.15) is 16.4 Å². The fraction of sp³-hybridized carbons (Fsp3) is 0. The Morgan fingerprint density at radius 2 is 1.89 bits per heavy atom. The topological polar surface area (TPSA) is 104 Å². The van der Waals surface area contributed by atoms with Crippen molar-refractivity contribution in [2.45, 2.75) is 10.2 Å². The van der Waals surface area contributed by atoms with Crippen LogP contribution in [0.15, 0.2) is 45.0 Å². The van der Waals surface area contributed by atoms with Crippen molar-refractivity contribution in [2.24, 2.45) is 0 Å². The van der Waals surface area contributed by atoms with Crippen molar-refractivity contribution < 1.29 is 4.42 Å². The Morgan fingerprint density at radius 3 is 2.67 bits per heavy atom. The minimum absolute atomic E-state index is 0.133. The molecule has 7 heteroatoms. The molecule has 90 valence electrons. The van der Waals surface area contributed by atoms with Gasteiger partial charge >= 0.3 is 0 Å². The maximum absolute atomic E-state index is 5.59. The summed E-state index contributed by atoms with van der Waals surface area (Å²) in [4.78, 5) is 12.2. The lowest BCUT2D eigenvalue weighted by Crippen LogP contribution is -1.99. The molecule has 18 heavy (non-hydrogen) atoms. The first-order valence-corrected chi connectivity index (χ1v) is 5.96. The summed E-state index contributed by atoms with van der Waals surface area (Å²) in [5, 5.41) is 1.10. The minimum atomic E-state index is 0.133. The summed E-state index contributed by atoms with van der Waals surface area (Å²) >= 11 is 1.25. The van der Waals surface area contributed by atoms with Crippen LogP contribution >= 0.6 is 11.8 Å². The molecule has 0 spiro atoms. The number of para-hydroxylation sites is 2. The first-order valence-electron chi connectivity index (χ1n) is 5.14. The van der Waals surface area contributed by atoms with Crippen LogP contribution in [0.1, 0.15) is 0 Å². The first-order chi connectivity index (χ1) is 8.70. The van der Waals surface area contributed by atoms with Gasteiger partial charge in [-0.05, 0) is 23.9 Å². The van der Waals surface area contributed by atoms with E-state index in [-0.39, 0.29) is 5.95 Å². The lowest BCUT2D eigenvalue weighted by Gasteiger charge is -1.99. The second-order valence-electron chi connectivity index (χ2n) is 3.54. The summed E-state index contributed by atoms with van der Waals surface area (Å²) in [6.07, 6.45) is 0. The van der Waals surface area contributed by atoms with Crippen LogP contribution in [0.25, 0.3) is 11.1 Å². The Labute approximate surface area is 106 Å². The van der Waals surface area contributed by atoms with Crippen molar-refractivity contribution in [1.29, 1.82) is 0 Å². The van der Waals surface area contributed by atoms with E-state index in [0.29, 0.717) is 16.1 Å². The van der Waals surface area contributed by atoms with E-state index in [1.165, 1.54) is 11.8 Å². The highest BCUT2D eigenvalue weighted by atomic mass is 32.2. The van der Waals surface area contributed by atoms with E-state index in [0.717, 1.165) is 11.1 Å². The molecule has 0 unspecified atom stereocenters. The number of fused-ring (bicyclic) bond motifs is 1. The summed E-state index contributed by atoms with van der Waals surface area (Å²) in [6.45, 7) is 0. The fourth-order valence-corrected chi connectivity index (χ4v) is 2.27. The maximum Gasteiger partial charge on any atom is 0.263 e. The Morgan fingerprint density at radius 1 is 1.06 bits per heavy atom. The van der Waals surface area contributed by atoms with Gasteiger partial charge in [0.15, 0.2) is 5.58 Å². The second-order valence-corrected chi connectivity index (χ2v) is 4.51. The van der Waals surface area contributed by atoms with Crippen LogP contribution in [0.2, 0.25) is 0 Å². The summed E-state index contributed by atoms with van der Waals surface area (Å²) < 4.78 is 5.56. The van der Waals surface area contributed by atoms with Gasteiger partial charge in [0.25, 0.3) is 5.22 Å². The molecule has 3 aromatic rings. The van der Waals surface area contributed by atoms with Gasteiger partial charge in [0.05, 0.1) is 0 Å². The third-order valence-electron chi connectivity index (χ3n) is 2.21. The molecule has 4 N–H and O–H groups in total. The fourth-order valence-electron chi connectivity index (χ4n) is 1.50. The van der Waals surface area contributed by atoms with Crippen LogP contribution in [0.5, 0.6) is 0 Å². The predicted octanol–water partition coefficient (Wildman–Crippen LogP) is 1.93. The van der Waals surface area contributed by atoms with Gasteiger partial charge in [-0.3, -0.25) is 0 Å². The van der Waals surface area contributed by atoms with Gasteiger partial charge in [0.2, 0.25) is 5.95 Å². The van der Waals surface area contributed by atoms with Crippen LogP contribution in [0, 0.1) is 0 Å². The standard InChI is InChI=1S/C11H9N5OS/c12-8-5-9(16-10(13)15-8)18-11-14-6-3-1-2-4-7(6)17-11/h1-5H,(H4,12,13,15,16). The molecule has 0 radical (unpaired) electrons. The van der Waals surface area contributed by atoms with Crippen LogP contribution in [0.3, 0.4) is 0 Å². The van der Waals surface area contributed by atoms with Gasteiger partial charge < -0.3 is 15.9 Å². The molecule has 0 aliphatic rings. The molecule has 0 atom stereocenters. The minimum Gasteiger partial charge on any atom is -0.431 e. The average molecular weight is 259 g/mol. The SMILES string of the molecule is Nc1cc(Sc2nc3ccccc3o2)nc(N)n1. The number of benzene rings is 1. The number of aromatic nitrogens is 3. The molecular formula is C11H9N5OS. The average Bonchev–Trinajstić information content (AvgIpc) is 2.69. The summed E-state index contributed by atoms with van der Waals surface area (Å²) in [5.74, 6) is 0.453. The van der Waals surface area contributed by atoms with Crippen LogP contribution in [-0.2, 0) is 0 Å². The van der Waals surface area contributed by atoms with Crippen molar-refractivity contribution in [1.82, 2.24) is 15.0 Å². The molecule has 0 aliphatic carbocycles. The number of anilines is 2. The highest BCUT2D eigenvalue weighted by Crippen LogP contribution is 2.29. The maximum atomic E-state index is 5.59. The van der Waals surface area contributed by atoms with Crippen molar-refractivity contribution in [3.8, 4) is 0 Å². The zero-order valence-electron chi connectivity index (χ0n) is 9.20. The van der Waals surface area contributed by atoms with E-state index in [1.54, 1.807) is 6.07 Å². The van der Waals surface area contributed by atoms with Crippen molar-refractivity contribution in [3.05, 3.63) is 30.3 Å². The molecular weight excluding hydrogens is 250 g/mol. The zero-order chi connectivity index (χ0) is 12.5. The number of hydrogen-bond donors (Lipinski definition) is 2. The van der Waals surface area contributed by atoms with Crippen molar-refractivity contribution in [3.63, 3.8) is 0 Å². The summed E-state index contributed by atoms with van der Waals surface area (Å²) in [7, 11) is 0. The second kappa shape index (κ2) is 4.19. The van der Waals surface area contributed by atoms with E-state index in [1.807, 2.05) is 24.3 Å². The zero-order valence-corrected chi connectivity index (χ0v) is 10.0. The van der Waals surface area contributed by atoms with Gasteiger partial charge in [0, 0.05) is 6.07 Å². The summed E-state index contributed by atoms with van der Waals surface area (Å²) in [5.41, 5.74) is 12.6. The van der Waals surface area contributed by atoms with Gasteiger partial charge in [-0.25, -0.2) is 9.97 Å². The molecule has 0 saturated carbocycles. The molecule has 0 saturated heterocycles. The van der Waals surface area contributed by atoms with Gasteiger partial charge in [-0.1, -0.05) is 12.1 Å². The lowest BCUT2D eigenvalue weighted by molar-refractivity contribution is 0.489. The lowest BCUT2D eigenvalue weighted by atomic mass is 10.3. The number of nitrogen functional groups attached to an aromatic ring is 2. The number of nitrogens with zero attached hydrogens (tertiary/aromatic N) is 3. The highest BCUT2D eigenvalue weighted by Gasteiger charge is 2.09. The quantitative estimate of drug-likeness (QED) is 0.677. The van der Waals surface area contributed by atoms with E-state index in [4.69, 9.17) is 15.9 Å². The molecule has 0 aliphatic heterocycles. The Hall–Kier alpha value is -2.28. The number of hydrogen-bond acceptors (Lipinski definition) is 7. The molecule has 0 bridgehead atoms. The monoisotopic (exact) mass is 259 g/mol. The Balaban J connectivity index is 1.96. The summed E-state index contributed by atoms with van der Waals surface area (Å²) in [6, 6.07) is 9.15. The van der Waals surface area contributed by atoms with Crippen molar-refractivity contribution >= 4 is 34.6 Å². The van der Waals surface area contributed by atoms with E-state index in [2.05, 4.69) is 15.0 Å². The van der Waals surface area contributed by atoms with Crippen LogP contribution in [-0.4, -0.2) is 15.0 Å². The highest BCUT2D eigenvalue weighted by molar-refractivity contribution is 7.99. The normalized spacial score (nSPS) is 10.9. The first kappa shape index (κ1) is 10.8. The number of oxazole rings is 1. The van der Waals surface area contributed by atoms with Crippen LogP contribution in [0.4, 0.5) is 11.8 Å². The molecule has 2 heterocycles. The third-order valence-corrected chi connectivity index (χ3v) is 2.97. The van der Waals surface area contributed by atoms with Crippen molar-refractivity contribution in [2.75, 3.05) is 11.5 Å². The van der Waals surface area contributed by atoms with Gasteiger partial charge in [-0.2, -0.15) is 4.98 Å². The van der Waals surface area contributed by atoms with E-state index < -0.39 is 0 Å². The predicted molar refractivity (Wildman–Crippen MR) is 69.0 cm³/mol. The molecule has 1 aromatic carbocycles. The molecule has 0 amide bonds. The van der Waals surface area contributed by atoms with E-state index in [9.17, 15) is 0 Å². The Kier molecular flexibility index (Phi) is 2.52. The number of rotatable bonds is 2. The third kappa shape index (κ3) is 2.07. The molecule has 0 fully saturated rings. The Bertz CT molecular complexity index is 658. The molecule has 3 rings (SSSR count). The molecule has 6 nitrogen and oxygen atoms in total. The van der Waals surface area contributed by atoms with E-state index >= 15 is 0 Å². The largest absolute Gasteiger partial charge is 0.431 e. The van der Waals surface area contributed by atoms with Crippen LogP contribution < -0.4 is 11.5 Å². The molecule has 2 aromatic heterocycles. The smallest absolute Gasteiger partial charge is 0.263 e. The van der Waals surface area contributed by atoms with Gasteiger partial charge in [-0.15, -0.1) is 0 Å². The number of nitrogens with two attached hydrogens (primary N) is 2.